The van der Waals surface area contributed by atoms with E-state index < -0.39 is 0 Å². The van der Waals surface area contributed by atoms with E-state index in [1.807, 2.05) is 40.4 Å². The van der Waals surface area contributed by atoms with Crippen LogP contribution in [0.25, 0.3) is 0 Å². The first-order valence-corrected chi connectivity index (χ1v) is 12.2. The lowest BCUT2D eigenvalue weighted by atomic mass is 10.0. The van der Waals surface area contributed by atoms with Crippen molar-refractivity contribution in [1.82, 2.24) is 25.0 Å². The van der Waals surface area contributed by atoms with Crippen molar-refractivity contribution in [3.8, 4) is 5.75 Å². The van der Waals surface area contributed by atoms with Crippen LogP contribution >= 0.6 is 11.3 Å². The molecule has 1 aliphatic rings. The minimum Gasteiger partial charge on any atom is -0.497 e. The van der Waals surface area contributed by atoms with Gasteiger partial charge in [0.15, 0.2) is 5.69 Å². The molecule has 1 N–H and O–H groups in total. The number of carbonyl (C=O) groups excluding carboxylic acids is 1. The number of hydrogen-bond acceptors (Lipinski definition) is 6. The molecule has 2 aromatic heterocycles. The van der Waals surface area contributed by atoms with Crippen molar-refractivity contribution < 1.29 is 9.53 Å². The van der Waals surface area contributed by atoms with Gasteiger partial charge in [-0.1, -0.05) is 42.5 Å². The largest absolute Gasteiger partial charge is 0.497 e. The van der Waals surface area contributed by atoms with Gasteiger partial charge in [0.2, 0.25) is 0 Å². The molecule has 2 aromatic carbocycles. The Bertz CT molecular complexity index is 1240. The number of nitrogens with zero attached hydrogens (tertiary/aromatic N) is 4. The van der Waals surface area contributed by atoms with Crippen LogP contribution in [0.3, 0.4) is 0 Å². The molecule has 8 heteroatoms. The van der Waals surface area contributed by atoms with Crippen LogP contribution in [-0.2, 0) is 32.6 Å². The average molecular weight is 474 g/mol. The molecule has 3 heterocycles. The van der Waals surface area contributed by atoms with Crippen molar-refractivity contribution in [1.29, 1.82) is 0 Å². The van der Waals surface area contributed by atoms with Crippen LogP contribution in [0.2, 0.25) is 0 Å². The fourth-order valence-corrected chi connectivity index (χ4v) is 4.88. The van der Waals surface area contributed by atoms with Gasteiger partial charge >= 0.3 is 0 Å². The number of ether oxygens (including phenoxy) is 1. The summed E-state index contributed by atoms with van der Waals surface area (Å²) in [4.78, 5) is 19.8. The zero-order valence-electron chi connectivity index (χ0n) is 19.1. The van der Waals surface area contributed by atoms with Gasteiger partial charge < -0.3 is 10.1 Å². The summed E-state index contributed by atoms with van der Waals surface area (Å²) >= 11 is 1.53. The van der Waals surface area contributed by atoms with Crippen molar-refractivity contribution in [3.05, 3.63) is 99.3 Å². The number of hydrogen-bond donors (Lipinski definition) is 1. The lowest BCUT2D eigenvalue weighted by Crippen LogP contribution is -2.32. The predicted octanol–water partition coefficient (Wildman–Crippen LogP) is 3.88. The number of rotatable bonds is 8. The van der Waals surface area contributed by atoms with Crippen LogP contribution in [0.1, 0.15) is 37.9 Å². The molecule has 0 aliphatic carbocycles. The minimum atomic E-state index is -0.149. The maximum atomic E-state index is 13.2. The van der Waals surface area contributed by atoms with Crippen LogP contribution in [0.15, 0.2) is 66.2 Å². The summed E-state index contributed by atoms with van der Waals surface area (Å²) in [6.07, 6.45) is 2.60. The lowest BCUT2D eigenvalue weighted by molar-refractivity contribution is 0.0942. The SMILES string of the molecule is COc1ccc(CN2CCc3c(c(C(=O)NCc4nccs4)nn3Cc3ccccc3)C2)cc1. The molecule has 1 amide bonds. The van der Waals surface area contributed by atoms with E-state index in [-0.39, 0.29) is 5.91 Å². The van der Waals surface area contributed by atoms with Crippen LogP contribution < -0.4 is 10.1 Å². The topological polar surface area (TPSA) is 72.3 Å². The summed E-state index contributed by atoms with van der Waals surface area (Å²) in [7, 11) is 1.68. The van der Waals surface area contributed by atoms with Crippen molar-refractivity contribution in [3.63, 3.8) is 0 Å². The van der Waals surface area contributed by atoms with Gasteiger partial charge in [-0.3, -0.25) is 14.4 Å². The maximum absolute atomic E-state index is 13.2. The third kappa shape index (κ3) is 5.03. The number of aromatic nitrogens is 3. The van der Waals surface area contributed by atoms with E-state index in [1.54, 1.807) is 13.3 Å². The van der Waals surface area contributed by atoms with Crippen LogP contribution in [-0.4, -0.2) is 39.2 Å². The molecular formula is C26H27N5O2S. The van der Waals surface area contributed by atoms with Crippen molar-refractivity contribution in [2.45, 2.75) is 32.6 Å². The first kappa shape index (κ1) is 22.3. The first-order valence-electron chi connectivity index (χ1n) is 11.3. The molecule has 7 nitrogen and oxygen atoms in total. The molecule has 0 saturated carbocycles. The van der Waals surface area contributed by atoms with Gasteiger partial charge in [-0.15, -0.1) is 11.3 Å². The highest BCUT2D eigenvalue weighted by molar-refractivity contribution is 7.09. The molecule has 0 bridgehead atoms. The summed E-state index contributed by atoms with van der Waals surface area (Å²) in [5.74, 6) is 0.704. The molecule has 1 aliphatic heterocycles. The Morgan fingerprint density at radius 3 is 2.62 bits per heavy atom. The van der Waals surface area contributed by atoms with E-state index in [9.17, 15) is 4.79 Å². The third-order valence-corrected chi connectivity index (χ3v) is 6.83. The Morgan fingerprint density at radius 1 is 1.09 bits per heavy atom. The highest BCUT2D eigenvalue weighted by Crippen LogP contribution is 2.25. The van der Waals surface area contributed by atoms with Gasteiger partial charge in [-0.25, -0.2) is 4.98 Å². The number of amides is 1. The van der Waals surface area contributed by atoms with E-state index >= 15 is 0 Å². The van der Waals surface area contributed by atoms with Gasteiger partial charge in [-0.05, 0) is 23.3 Å². The minimum absolute atomic E-state index is 0.149. The fourth-order valence-electron chi connectivity index (χ4n) is 4.32. The lowest BCUT2D eigenvalue weighted by Gasteiger charge is -2.28. The van der Waals surface area contributed by atoms with Gasteiger partial charge in [-0.2, -0.15) is 5.10 Å². The monoisotopic (exact) mass is 473 g/mol. The van der Waals surface area contributed by atoms with Crippen molar-refractivity contribution in [2.75, 3.05) is 13.7 Å². The summed E-state index contributed by atoms with van der Waals surface area (Å²) in [6, 6.07) is 18.4. The molecule has 0 unspecified atom stereocenters. The smallest absolute Gasteiger partial charge is 0.272 e. The number of benzene rings is 2. The van der Waals surface area contributed by atoms with Gasteiger partial charge in [0.1, 0.15) is 10.8 Å². The summed E-state index contributed by atoms with van der Waals surface area (Å²) in [5, 5.41) is 10.6. The van der Waals surface area contributed by atoms with E-state index in [0.29, 0.717) is 25.3 Å². The normalized spacial score (nSPS) is 13.4. The van der Waals surface area contributed by atoms with Crippen LogP contribution in [0.4, 0.5) is 0 Å². The summed E-state index contributed by atoms with van der Waals surface area (Å²) in [5.41, 5.74) is 5.07. The Labute approximate surface area is 203 Å². The number of carbonyl (C=O) groups is 1. The van der Waals surface area contributed by atoms with Crippen molar-refractivity contribution >= 4 is 17.2 Å². The van der Waals surface area contributed by atoms with E-state index in [0.717, 1.165) is 41.5 Å². The number of methoxy groups -OCH3 is 1. The fraction of sp³-hybridized carbons (Fsp3) is 0.269. The molecule has 4 aromatic rings. The maximum Gasteiger partial charge on any atom is 0.272 e. The first-order chi connectivity index (χ1) is 16.7. The number of thiazole rings is 1. The van der Waals surface area contributed by atoms with Gasteiger partial charge in [0, 0.05) is 48.9 Å². The molecule has 0 spiro atoms. The molecule has 174 valence electrons. The molecule has 5 rings (SSSR count). The standard InChI is InChI=1S/C26H27N5O2S/c1-33-21-9-7-20(8-10-21)16-30-13-11-23-22(18-30)25(26(32)28-15-24-27-12-14-34-24)29-31(23)17-19-5-3-2-4-6-19/h2-10,12,14H,11,13,15-18H2,1H3,(H,28,32). The third-order valence-electron chi connectivity index (χ3n) is 6.05. The second kappa shape index (κ2) is 10.2. The molecule has 0 atom stereocenters. The van der Waals surface area contributed by atoms with Crippen LogP contribution in [0, 0.1) is 0 Å². The number of fused-ring (bicyclic) bond motifs is 1. The zero-order chi connectivity index (χ0) is 23.3. The predicted molar refractivity (Wildman–Crippen MR) is 132 cm³/mol. The highest BCUT2D eigenvalue weighted by Gasteiger charge is 2.28. The van der Waals surface area contributed by atoms with E-state index in [4.69, 9.17) is 9.84 Å². The number of nitrogens with one attached hydrogen (secondary N) is 1. The summed E-state index contributed by atoms with van der Waals surface area (Å²) < 4.78 is 7.28. The average Bonchev–Trinajstić information content (AvgIpc) is 3.52. The summed E-state index contributed by atoms with van der Waals surface area (Å²) in [6.45, 7) is 3.48. The van der Waals surface area contributed by atoms with E-state index in [1.165, 1.54) is 22.5 Å². The van der Waals surface area contributed by atoms with Gasteiger partial charge in [0.05, 0.1) is 20.2 Å². The molecule has 0 saturated heterocycles. The molecule has 34 heavy (non-hydrogen) atoms. The molecule has 0 fully saturated rings. The molecule has 0 radical (unpaired) electrons. The molecular weight excluding hydrogens is 446 g/mol. The quantitative estimate of drug-likeness (QED) is 0.420. The van der Waals surface area contributed by atoms with Gasteiger partial charge in [0.25, 0.3) is 5.91 Å². The second-order valence-electron chi connectivity index (χ2n) is 8.33. The Hall–Kier alpha value is -3.49. The Kier molecular flexibility index (Phi) is 6.69. The van der Waals surface area contributed by atoms with Crippen LogP contribution in [0.5, 0.6) is 5.75 Å². The zero-order valence-corrected chi connectivity index (χ0v) is 19.9. The highest BCUT2D eigenvalue weighted by atomic mass is 32.1. The van der Waals surface area contributed by atoms with Crippen molar-refractivity contribution in [2.24, 2.45) is 0 Å². The Balaban J connectivity index is 1.38. The van der Waals surface area contributed by atoms with E-state index in [2.05, 4.69) is 39.5 Å². The second-order valence-corrected chi connectivity index (χ2v) is 9.31. The Morgan fingerprint density at radius 2 is 1.88 bits per heavy atom.